The van der Waals surface area contributed by atoms with E-state index < -0.39 is 0 Å². The van der Waals surface area contributed by atoms with Gasteiger partial charge in [-0.2, -0.15) is 0 Å². The molecule has 0 heterocycles. The van der Waals surface area contributed by atoms with Crippen molar-refractivity contribution in [2.24, 2.45) is 5.92 Å². The standard InChI is InChI=1S/C17H27NO2/c1-13(2)12-15-6-8-16(9-7-15)14(3)17(19)18-10-5-11-20-4/h6-9,13-14H,5,10-12H2,1-4H3,(H,18,19)/t14-/m0/s1. The average molecular weight is 277 g/mol. The second-order valence-electron chi connectivity index (χ2n) is 5.70. The molecule has 0 saturated heterocycles. The topological polar surface area (TPSA) is 38.3 Å². The van der Waals surface area contributed by atoms with Crippen LogP contribution in [0.3, 0.4) is 0 Å². The van der Waals surface area contributed by atoms with Crippen LogP contribution in [-0.4, -0.2) is 26.2 Å². The first kappa shape index (κ1) is 16.7. The van der Waals surface area contributed by atoms with Gasteiger partial charge in [0.15, 0.2) is 0 Å². The maximum absolute atomic E-state index is 12.0. The van der Waals surface area contributed by atoms with Crippen molar-refractivity contribution >= 4 is 5.91 Å². The van der Waals surface area contributed by atoms with Crippen molar-refractivity contribution < 1.29 is 9.53 Å². The maximum Gasteiger partial charge on any atom is 0.227 e. The number of hydrogen-bond donors (Lipinski definition) is 1. The Hall–Kier alpha value is -1.35. The molecular formula is C17H27NO2. The first-order valence-electron chi connectivity index (χ1n) is 7.40. The largest absolute Gasteiger partial charge is 0.385 e. The zero-order chi connectivity index (χ0) is 15.0. The summed E-state index contributed by atoms with van der Waals surface area (Å²) in [6.45, 7) is 7.72. The highest BCUT2D eigenvalue weighted by atomic mass is 16.5. The van der Waals surface area contributed by atoms with Gasteiger partial charge in [-0.25, -0.2) is 0 Å². The van der Waals surface area contributed by atoms with Gasteiger partial charge in [-0.15, -0.1) is 0 Å². The number of amides is 1. The van der Waals surface area contributed by atoms with Crippen LogP contribution in [0.25, 0.3) is 0 Å². The van der Waals surface area contributed by atoms with Crippen LogP contribution < -0.4 is 5.32 Å². The molecule has 0 aliphatic carbocycles. The normalized spacial score (nSPS) is 12.4. The lowest BCUT2D eigenvalue weighted by molar-refractivity contribution is -0.122. The fourth-order valence-corrected chi connectivity index (χ4v) is 2.15. The minimum Gasteiger partial charge on any atom is -0.385 e. The number of methoxy groups -OCH3 is 1. The van der Waals surface area contributed by atoms with E-state index >= 15 is 0 Å². The SMILES string of the molecule is COCCCNC(=O)[C@@H](C)c1ccc(CC(C)C)cc1. The zero-order valence-corrected chi connectivity index (χ0v) is 13.1. The molecular weight excluding hydrogens is 250 g/mol. The second kappa shape index (κ2) is 8.75. The van der Waals surface area contributed by atoms with Gasteiger partial charge in [0.2, 0.25) is 5.91 Å². The van der Waals surface area contributed by atoms with Gasteiger partial charge in [0.1, 0.15) is 0 Å². The Kier molecular flexibility index (Phi) is 7.31. The summed E-state index contributed by atoms with van der Waals surface area (Å²) in [7, 11) is 1.67. The van der Waals surface area contributed by atoms with E-state index in [0.717, 1.165) is 18.4 Å². The molecule has 0 unspecified atom stereocenters. The molecule has 1 aromatic rings. The van der Waals surface area contributed by atoms with Gasteiger partial charge >= 0.3 is 0 Å². The van der Waals surface area contributed by atoms with Crippen LogP contribution in [0.15, 0.2) is 24.3 Å². The number of carbonyl (C=O) groups is 1. The number of nitrogens with one attached hydrogen (secondary N) is 1. The molecule has 1 aromatic carbocycles. The number of carbonyl (C=O) groups excluding carboxylic acids is 1. The zero-order valence-electron chi connectivity index (χ0n) is 13.1. The van der Waals surface area contributed by atoms with Crippen molar-refractivity contribution in [2.45, 2.75) is 39.5 Å². The summed E-state index contributed by atoms with van der Waals surface area (Å²) < 4.78 is 4.96. The summed E-state index contributed by atoms with van der Waals surface area (Å²) in [4.78, 5) is 12.0. The molecule has 3 nitrogen and oxygen atoms in total. The minimum atomic E-state index is -0.106. The summed E-state index contributed by atoms with van der Waals surface area (Å²) in [6.07, 6.45) is 1.93. The number of benzene rings is 1. The lowest BCUT2D eigenvalue weighted by atomic mass is 9.96. The molecule has 0 spiro atoms. The Bertz CT molecular complexity index is 398. The third-order valence-corrected chi connectivity index (χ3v) is 3.34. The average Bonchev–Trinajstić information content (AvgIpc) is 2.43. The second-order valence-corrected chi connectivity index (χ2v) is 5.70. The smallest absolute Gasteiger partial charge is 0.227 e. The van der Waals surface area contributed by atoms with Gasteiger partial charge < -0.3 is 10.1 Å². The molecule has 1 amide bonds. The van der Waals surface area contributed by atoms with E-state index in [2.05, 4.69) is 43.4 Å². The molecule has 0 radical (unpaired) electrons. The van der Waals surface area contributed by atoms with Gasteiger partial charge in [0, 0.05) is 20.3 Å². The van der Waals surface area contributed by atoms with E-state index in [1.165, 1.54) is 5.56 Å². The third kappa shape index (κ3) is 5.74. The predicted octanol–water partition coefficient (Wildman–Crippen LogP) is 3.14. The molecule has 0 bridgehead atoms. The van der Waals surface area contributed by atoms with Crippen molar-refractivity contribution in [3.05, 3.63) is 35.4 Å². The number of hydrogen-bond acceptors (Lipinski definition) is 2. The summed E-state index contributed by atoms with van der Waals surface area (Å²) >= 11 is 0. The Labute approximate surface area is 122 Å². The first-order chi connectivity index (χ1) is 9.54. The number of ether oxygens (including phenoxy) is 1. The molecule has 0 aromatic heterocycles. The van der Waals surface area contributed by atoms with E-state index in [4.69, 9.17) is 4.74 Å². The van der Waals surface area contributed by atoms with Gasteiger partial charge in [-0.1, -0.05) is 38.1 Å². The minimum absolute atomic E-state index is 0.0812. The van der Waals surface area contributed by atoms with Crippen molar-refractivity contribution in [2.75, 3.05) is 20.3 Å². The van der Waals surface area contributed by atoms with Gasteiger partial charge in [0.25, 0.3) is 0 Å². The van der Waals surface area contributed by atoms with Gasteiger partial charge in [0.05, 0.1) is 5.92 Å². The molecule has 0 fully saturated rings. The van der Waals surface area contributed by atoms with Crippen molar-refractivity contribution in [1.82, 2.24) is 5.32 Å². The Morgan fingerprint density at radius 3 is 2.40 bits per heavy atom. The summed E-state index contributed by atoms with van der Waals surface area (Å²) in [5, 5.41) is 2.94. The van der Waals surface area contributed by atoms with E-state index in [-0.39, 0.29) is 11.8 Å². The van der Waals surface area contributed by atoms with Crippen LogP contribution >= 0.6 is 0 Å². The maximum atomic E-state index is 12.0. The summed E-state index contributed by atoms with van der Waals surface area (Å²) in [5.74, 6) is 0.630. The van der Waals surface area contributed by atoms with Gasteiger partial charge in [-0.3, -0.25) is 4.79 Å². The summed E-state index contributed by atoms with van der Waals surface area (Å²) in [6, 6.07) is 8.39. The molecule has 0 aliphatic rings. The van der Waals surface area contributed by atoms with Crippen LogP contribution in [0.2, 0.25) is 0 Å². The van der Waals surface area contributed by atoms with Crippen LogP contribution in [0.1, 0.15) is 44.2 Å². The van der Waals surface area contributed by atoms with Crippen molar-refractivity contribution in [1.29, 1.82) is 0 Å². The van der Waals surface area contributed by atoms with Crippen LogP contribution in [0, 0.1) is 5.92 Å². The number of rotatable bonds is 8. The monoisotopic (exact) mass is 277 g/mol. The lowest BCUT2D eigenvalue weighted by Gasteiger charge is -2.13. The molecule has 1 N–H and O–H groups in total. The van der Waals surface area contributed by atoms with Crippen LogP contribution in [0.5, 0.6) is 0 Å². The van der Waals surface area contributed by atoms with E-state index in [1.54, 1.807) is 7.11 Å². The van der Waals surface area contributed by atoms with E-state index in [0.29, 0.717) is 19.1 Å². The molecule has 112 valence electrons. The van der Waals surface area contributed by atoms with Crippen LogP contribution in [0.4, 0.5) is 0 Å². The predicted molar refractivity (Wildman–Crippen MR) is 82.9 cm³/mol. The van der Waals surface area contributed by atoms with Gasteiger partial charge in [-0.05, 0) is 36.8 Å². The van der Waals surface area contributed by atoms with E-state index in [9.17, 15) is 4.79 Å². The Morgan fingerprint density at radius 1 is 1.20 bits per heavy atom. The summed E-state index contributed by atoms with van der Waals surface area (Å²) in [5.41, 5.74) is 2.40. The molecule has 3 heteroatoms. The Morgan fingerprint density at radius 2 is 1.85 bits per heavy atom. The van der Waals surface area contributed by atoms with Crippen molar-refractivity contribution in [3.8, 4) is 0 Å². The molecule has 20 heavy (non-hydrogen) atoms. The first-order valence-corrected chi connectivity index (χ1v) is 7.40. The van der Waals surface area contributed by atoms with E-state index in [1.807, 2.05) is 6.92 Å². The fourth-order valence-electron chi connectivity index (χ4n) is 2.15. The quantitative estimate of drug-likeness (QED) is 0.741. The molecule has 1 rings (SSSR count). The van der Waals surface area contributed by atoms with Crippen LogP contribution in [-0.2, 0) is 16.0 Å². The molecule has 0 saturated carbocycles. The molecule has 1 atom stereocenters. The highest BCUT2D eigenvalue weighted by Gasteiger charge is 2.14. The molecule has 0 aliphatic heterocycles. The van der Waals surface area contributed by atoms with Crippen molar-refractivity contribution in [3.63, 3.8) is 0 Å². The lowest BCUT2D eigenvalue weighted by Crippen LogP contribution is -2.29. The highest BCUT2D eigenvalue weighted by molar-refractivity contribution is 5.83. The fraction of sp³-hybridized carbons (Fsp3) is 0.588. The third-order valence-electron chi connectivity index (χ3n) is 3.34. The Balaban J connectivity index is 2.49. The highest BCUT2D eigenvalue weighted by Crippen LogP contribution is 2.17.